The molecule has 0 aromatic heterocycles. The van der Waals surface area contributed by atoms with E-state index in [1.165, 1.54) is 0 Å². The molecular weight excluding hydrogens is 260 g/mol. The maximum Gasteiger partial charge on any atom is 0.407 e. The monoisotopic (exact) mass is 286 g/mol. The fourth-order valence-corrected chi connectivity index (χ4v) is 2.55. The van der Waals surface area contributed by atoms with Gasteiger partial charge in [-0.25, -0.2) is 9.59 Å². The van der Waals surface area contributed by atoms with Crippen molar-refractivity contribution in [2.75, 3.05) is 0 Å². The minimum absolute atomic E-state index is 0.0463. The van der Waals surface area contributed by atoms with E-state index in [4.69, 9.17) is 9.84 Å². The second kappa shape index (κ2) is 6.81. The van der Waals surface area contributed by atoms with Crippen molar-refractivity contribution in [1.82, 2.24) is 10.6 Å². The quantitative estimate of drug-likeness (QED) is 0.744. The van der Waals surface area contributed by atoms with Crippen LogP contribution in [0, 0.1) is 5.92 Å². The number of amides is 2. The van der Waals surface area contributed by atoms with E-state index in [1.54, 1.807) is 0 Å². The van der Waals surface area contributed by atoms with Gasteiger partial charge in [0.05, 0.1) is 0 Å². The average molecular weight is 286 g/mol. The van der Waals surface area contributed by atoms with Gasteiger partial charge in [-0.2, -0.15) is 0 Å². The van der Waals surface area contributed by atoms with Gasteiger partial charge in [0.25, 0.3) is 0 Å². The molecule has 1 aliphatic rings. The van der Waals surface area contributed by atoms with Crippen molar-refractivity contribution in [3.8, 4) is 0 Å². The number of nitrogens with one attached hydrogen (secondary N) is 2. The fraction of sp³-hybridized carbons (Fsp3) is 0.857. The van der Waals surface area contributed by atoms with Gasteiger partial charge in [0.15, 0.2) is 0 Å². The molecule has 0 aromatic carbocycles. The van der Waals surface area contributed by atoms with Crippen LogP contribution in [-0.2, 0) is 4.74 Å². The smallest absolute Gasteiger partial charge is 0.407 e. The van der Waals surface area contributed by atoms with Crippen molar-refractivity contribution >= 4 is 12.2 Å². The van der Waals surface area contributed by atoms with Gasteiger partial charge in [0.2, 0.25) is 0 Å². The highest BCUT2D eigenvalue weighted by atomic mass is 16.6. The zero-order valence-corrected chi connectivity index (χ0v) is 12.7. The van der Waals surface area contributed by atoms with Crippen LogP contribution in [0.5, 0.6) is 0 Å². The summed E-state index contributed by atoms with van der Waals surface area (Å²) in [7, 11) is 0. The molecule has 1 rings (SSSR count). The van der Waals surface area contributed by atoms with Crippen LogP contribution < -0.4 is 10.6 Å². The van der Waals surface area contributed by atoms with Crippen molar-refractivity contribution in [2.24, 2.45) is 5.92 Å². The van der Waals surface area contributed by atoms with E-state index < -0.39 is 11.7 Å². The Bertz CT molecular complexity index is 344. The Morgan fingerprint density at radius 1 is 1.20 bits per heavy atom. The maximum absolute atomic E-state index is 11.7. The minimum atomic E-state index is -0.980. The summed E-state index contributed by atoms with van der Waals surface area (Å²) in [5.41, 5.74) is -0.485. The van der Waals surface area contributed by atoms with Gasteiger partial charge in [-0.15, -0.1) is 0 Å². The van der Waals surface area contributed by atoms with Gasteiger partial charge in [0, 0.05) is 12.1 Å². The lowest BCUT2D eigenvalue weighted by atomic mass is 9.82. The lowest BCUT2D eigenvalue weighted by Crippen LogP contribution is -2.44. The summed E-state index contributed by atoms with van der Waals surface area (Å²) >= 11 is 0. The van der Waals surface area contributed by atoms with E-state index in [0.29, 0.717) is 5.92 Å². The molecule has 0 aliphatic heterocycles. The molecule has 1 saturated carbocycles. The summed E-state index contributed by atoms with van der Waals surface area (Å²) in [6.07, 6.45) is 2.17. The number of carbonyl (C=O) groups is 2. The Balaban J connectivity index is 2.32. The molecule has 1 aliphatic carbocycles. The predicted octanol–water partition coefficient (Wildman–Crippen LogP) is 2.73. The van der Waals surface area contributed by atoms with E-state index in [9.17, 15) is 9.59 Å². The molecule has 116 valence electrons. The van der Waals surface area contributed by atoms with Gasteiger partial charge in [0.1, 0.15) is 5.60 Å². The molecule has 0 bridgehead atoms. The normalized spacial score (nSPS) is 24.6. The SMILES string of the molecule is CC(NC(=O)O)C1CCC(NC(=O)OC(C)(C)C)CC1. The third-order valence-corrected chi connectivity index (χ3v) is 3.55. The molecule has 0 heterocycles. The summed E-state index contributed by atoms with van der Waals surface area (Å²) in [5, 5.41) is 14.1. The van der Waals surface area contributed by atoms with Crippen LogP contribution >= 0.6 is 0 Å². The highest BCUT2D eigenvalue weighted by Gasteiger charge is 2.27. The molecular formula is C14H26N2O4. The molecule has 3 N–H and O–H groups in total. The summed E-state index contributed by atoms with van der Waals surface area (Å²) in [4.78, 5) is 22.3. The van der Waals surface area contributed by atoms with Crippen LogP contribution in [-0.4, -0.2) is 35.0 Å². The first-order valence-electron chi connectivity index (χ1n) is 7.16. The molecule has 1 atom stereocenters. The molecule has 0 saturated heterocycles. The van der Waals surface area contributed by atoms with Crippen molar-refractivity contribution in [3.63, 3.8) is 0 Å². The first kappa shape index (κ1) is 16.6. The molecule has 0 spiro atoms. The highest BCUT2D eigenvalue weighted by Crippen LogP contribution is 2.27. The topological polar surface area (TPSA) is 87.7 Å². The van der Waals surface area contributed by atoms with Gasteiger partial charge < -0.3 is 20.5 Å². The second-order valence-electron chi connectivity index (χ2n) is 6.50. The lowest BCUT2D eigenvalue weighted by Gasteiger charge is -2.32. The summed E-state index contributed by atoms with van der Waals surface area (Å²) in [5.74, 6) is 0.336. The third kappa shape index (κ3) is 6.12. The summed E-state index contributed by atoms with van der Waals surface area (Å²) in [6.45, 7) is 7.40. The molecule has 20 heavy (non-hydrogen) atoms. The van der Waals surface area contributed by atoms with Crippen LogP contribution in [0.1, 0.15) is 53.4 Å². The summed E-state index contributed by atoms with van der Waals surface area (Å²) < 4.78 is 5.23. The third-order valence-electron chi connectivity index (χ3n) is 3.55. The molecule has 1 unspecified atom stereocenters. The lowest BCUT2D eigenvalue weighted by molar-refractivity contribution is 0.0485. The van der Waals surface area contributed by atoms with Crippen molar-refractivity contribution in [3.05, 3.63) is 0 Å². The van der Waals surface area contributed by atoms with Gasteiger partial charge in [-0.05, 0) is 59.3 Å². The average Bonchev–Trinajstić information content (AvgIpc) is 2.26. The minimum Gasteiger partial charge on any atom is -0.465 e. The highest BCUT2D eigenvalue weighted by molar-refractivity contribution is 5.68. The number of rotatable bonds is 3. The van der Waals surface area contributed by atoms with E-state index in [1.807, 2.05) is 27.7 Å². The van der Waals surface area contributed by atoms with Crippen LogP contribution in [0.2, 0.25) is 0 Å². The van der Waals surface area contributed by atoms with E-state index in [0.717, 1.165) is 25.7 Å². The Kier molecular flexibility index (Phi) is 5.65. The van der Waals surface area contributed by atoms with E-state index >= 15 is 0 Å². The van der Waals surface area contributed by atoms with Crippen LogP contribution in [0.3, 0.4) is 0 Å². The second-order valence-corrected chi connectivity index (χ2v) is 6.50. The molecule has 2 amide bonds. The standard InChI is InChI=1S/C14H26N2O4/c1-9(15-12(17)18)10-5-7-11(8-6-10)16-13(19)20-14(2,3)4/h9-11,15H,5-8H2,1-4H3,(H,16,19)(H,17,18). The maximum atomic E-state index is 11.7. The van der Waals surface area contributed by atoms with Crippen LogP contribution in [0.4, 0.5) is 9.59 Å². The largest absolute Gasteiger partial charge is 0.465 e. The molecule has 0 radical (unpaired) electrons. The fourth-order valence-electron chi connectivity index (χ4n) is 2.55. The van der Waals surface area contributed by atoms with Crippen LogP contribution in [0.25, 0.3) is 0 Å². The van der Waals surface area contributed by atoms with Gasteiger partial charge >= 0.3 is 12.2 Å². The molecule has 6 nitrogen and oxygen atoms in total. The first-order chi connectivity index (χ1) is 9.17. The zero-order chi connectivity index (χ0) is 15.3. The molecule has 6 heteroatoms. The number of alkyl carbamates (subject to hydrolysis) is 1. The first-order valence-corrected chi connectivity index (χ1v) is 7.16. The molecule has 1 fully saturated rings. The predicted molar refractivity (Wildman–Crippen MR) is 75.7 cm³/mol. The number of ether oxygens (including phenoxy) is 1. The number of carboxylic acid groups (broad SMARTS) is 1. The summed E-state index contributed by atoms with van der Waals surface area (Å²) in [6, 6.07) is 0.0769. The Morgan fingerprint density at radius 3 is 2.20 bits per heavy atom. The van der Waals surface area contributed by atoms with E-state index in [-0.39, 0.29) is 18.2 Å². The Hall–Kier alpha value is -1.46. The number of hydrogen-bond donors (Lipinski definition) is 3. The number of hydrogen-bond acceptors (Lipinski definition) is 3. The van der Waals surface area contributed by atoms with E-state index in [2.05, 4.69) is 10.6 Å². The van der Waals surface area contributed by atoms with Crippen molar-refractivity contribution in [2.45, 2.75) is 71.1 Å². The Morgan fingerprint density at radius 2 is 1.75 bits per heavy atom. The molecule has 0 aromatic rings. The van der Waals surface area contributed by atoms with Gasteiger partial charge in [-0.3, -0.25) is 0 Å². The van der Waals surface area contributed by atoms with Crippen LogP contribution in [0.15, 0.2) is 0 Å². The zero-order valence-electron chi connectivity index (χ0n) is 12.7. The Labute approximate surface area is 120 Å². The van der Waals surface area contributed by atoms with Crippen molar-refractivity contribution < 1.29 is 19.4 Å². The van der Waals surface area contributed by atoms with Crippen molar-refractivity contribution in [1.29, 1.82) is 0 Å². The van der Waals surface area contributed by atoms with Gasteiger partial charge in [-0.1, -0.05) is 0 Å². The number of carbonyl (C=O) groups excluding carboxylic acids is 1.